The predicted molar refractivity (Wildman–Crippen MR) is 66.2 cm³/mol. The molecular weight excluding hydrogens is 228 g/mol. The summed E-state index contributed by atoms with van der Waals surface area (Å²) in [6.45, 7) is 4.11. The largest absolute Gasteiger partial charge is 0.465 e. The molecule has 0 bridgehead atoms. The summed E-state index contributed by atoms with van der Waals surface area (Å²) < 4.78 is 5.16. The minimum Gasteiger partial charge on any atom is -0.465 e. The first-order valence-corrected chi connectivity index (χ1v) is 6.35. The van der Waals surface area contributed by atoms with Crippen molar-refractivity contribution >= 4 is 11.8 Å². The molecule has 3 heteroatoms. The van der Waals surface area contributed by atoms with E-state index in [0.717, 1.165) is 11.1 Å². The van der Waals surface area contributed by atoms with Gasteiger partial charge in [-0.25, -0.2) is 0 Å². The smallest absolute Gasteiger partial charge is 0.320 e. The van der Waals surface area contributed by atoms with E-state index >= 15 is 0 Å². The molecule has 0 radical (unpaired) electrons. The molecule has 0 amide bonds. The summed E-state index contributed by atoms with van der Waals surface area (Å²) in [5, 5.41) is 0. The summed E-state index contributed by atoms with van der Waals surface area (Å²) in [5.74, 6) is -0.320. The lowest BCUT2D eigenvalue weighted by atomic mass is 9.49. The van der Waals surface area contributed by atoms with Crippen LogP contribution in [-0.2, 0) is 26.2 Å². The molecule has 2 aliphatic rings. The zero-order chi connectivity index (χ0) is 13.0. The van der Waals surface area contributed by atoms with E-state index in [0.29, 0.717) is 19.4 Å². The monoisotopic (exact) mass is 244 g/mol. The van der Waals surface area contributed by atoms with Crippen LogP contribution < -0.4 is 0 Å². The molecule has 94 valence electrons. The summed E-state index contributed by atoms with van der Waals surface area (Å²) in [6.07, 6.45) is 0.945. The minimum absolute atomic E-state index is 0.0275. The third-order valence-corrected chi connectivity index (χ3v) is 4.62. The Kier molecular flexibility index (Phi) is 2.19. The van der Waals surface area contributed by atoms with Gasteiger partial charge in [-0.3, -0.25) is 9.59 Å². The molecule has 2 atom stereocenters. The Morgan fingerprint density at radius 3 is 2.72 bits per heavy atom. The second-order valence-corrected chi connectivity index (χ2v) is 5.39. The van der Waals surface area contributed by atoms with E-state index in [1.165, 1.54) is 0 Å². The molecule has 0 heterocycles. The Labute approximate surface area is 106 Å². The van der Waals surface area contributed by atoms with Gasteiger partial charge in [0.25, 0.3) is 0 Å². The lowest BCUT2D eigenvalue weighted by Gasteiger charge is -2.49. The molecule has 1 aromatic rings. The van der Waals surface area contributed by atoms with Crippen molar-refractivity contribution < 1.29 is 14.3 Å². The highest BCUT2D eigenvalue weighted by atomic mass is 16.5. The number of hydrogen-bond acceptors (Lipinski definition) is 3. The number of hydrogen-bond donors (Lipinski definition) is 0. The highest BCUT2D eigenvalue weighted by Crippen LogP contribution is 2.62. The minimum atomic E-state index is -0.952. The molecule has 18 heavy (non-hydrogen) atoms. The van der Waals surface area contributed by atoms with Gasteiger partial charge in [-0.15, -0.1) is 0 Å². The zero-order valence-electron chi connectivity index (χ0n) is 10.7. The molecule has 1 saturated carbocycles. The fourth-order valence-corrected chi connectivity index (χ4v) is 3.61. The van der Waals surface area contributed by atoms with Crippen molar-refractivity contribution in [3.8, 4) is 0 Å². The maximum Gasteiger partial charge on any atom is 0.320 e. The van der Waals surface area contributed by atoms with Crippen molar-refractivity contribution in [3.05, 3.63) is 35.4 Å². The van der Waals surface area contributed by atoms with Crippen LogP contribution in [0.15, 0.2) is 24.3 Å². The second-order valence-electron chi connectivity index (χ2n) is 5.39. The number of fused-ring (bicyclic) bond motifs is 3. The van der Waals surface area contributed by atoms with E-state index in [2.05, 4.69) is 0 Å². The predicted octanol–water partition coefficient (Wildman–Crippen LogP) is 2.02. The van der Waals surface area contributed by atoms with E-state index < -0.39 is 5.41 Å². The summed E-state index contributed by atoms with van der Waals surface area (Å²) in [7, 11) is 0. The third kappa shape index (κ3) is 1.05. The average molecular weight is 244 g/mol. The quantitative estimate of drug-likeness (QED) is 0.590. The lowest BCUT2D eigenvalue weighted by Crippen LogP contribution is -2.63. The summed E-state index contributed by atoms with van der Waals surface area (Å²) in [6, 6.07) is 7.96. The van der Waals surface area contributed by atoms with Crippen molar-refractivity contribution in [2.75, 3.05) is 6.61 Å². The Balaban J connectivity index is 2.12. The van der Waals surface area contributed by atoms with Gasteiger partial charge < -0.3 is 4.74 Å². The van der Waals surface area contributed by atoms with Crippen LogP contribution in [0.5, 0.6) is 0 Å². The number of carbonyl (C=O) groups is 2. The van der Waals surface area contributed by atoms with Crippen molar-refractivity contribution in [1.82, 2.24) is 0 Å². The van der Waals surface area contributed by atoms with E-state index in [1.54, 1.807) is 6.92 Å². The molecule has 0 aromatic heterocycles. The normalized spacial score (nSPS) is 32.4. The Hall–Kier alpha value is -1.64. The van der Waals surface area contributed by atoms with E-state index in [1.807, 2.05) is 31.2 Å². The van der Waals surface area contributed by atoms with Gasteiger partial charge in [-0.1, -0.05) is 31.2 Å². The first-order valence-electron chi connectivity index (χ1n) is 6.35. The molecule has 2 aliphatic carbocycles. The second kappa shape index (κ2) is 3.44. The third-order valence-electron chi connectivity index (χ3n) is 4.62. The number of rotatable bonds is 2. The van der Waals surface area contributed by atoms with Crippen molar-refractivity contribution in [2.24, 2.45) is 5.41 Å². The first kappa shape index (κ1) is 11.5. The van der Waals surface area contributed by atoms with Crippen LogP contribution in [-0.4, -0.2) is 18.4 Å². The van der Waals surface area contributed by atoms with Crippen LogP contribution in [0.3, 0.4) is 0 Å². The molecule has 0 saturated heterocycles. The number of ether oxygens (including phenoxy) is 1. The number of ketones is 1. The van der Waals surface area contributed by atoms with Gasteiger partial charge in [0, 0.05) is 11.8 Å². The summed E-state index contributed by atoms with van der Waals surface area (Å²) in [5.41, 5.74) is 0.927. The van der Waals surface area contributed by atoms with Crippen LogP contribution in [0.4, 0.5) is 0 Å². The van der Waals surface area contributed by atoms with Gasteiger partial charge in [-0.2, -0.15) is 0 Å². The summed E-state index contributed by atoms with van der Waals surface area (Å²) >= 11 is 0. The standard InChI is InChI=1S/C15H16O3/c1-3-18-13(17)15-8-10-6-4-5-7-11(10)14(15,2)9-12(15)16/h4-7H,3,8-9H2,1-2H3. The van der Waals surface area contributed by atoms with Crippen LogP contribution in [0.2, 0.25) is 0 Å². The maximum atomic E-state index is 12.3. The molecule has 3 rings (SSSR count). The van der Waals surface area contributed by atoms with Crippen LogP contribution in [0.1, 0.15) is 31.4 Å². The number of benzene rings is 1. The maximum absolute atomic E-state index is 12.3. The molecule has 0 aliphatic heterocycles. The highest BCUT2D eigenvalue weighted by Gasteiger charge is 2.72. The molecular formula is C15H16O3. The molecule has 3 nitrogen and oxygen atoms in total. The topological polar surface area (TPSA) is 43.4 Å². The van der Waals surface area contributed by atoms with Crippen LogP contribution in [0.25, 0.3) is 0 Å². The molecule has 1 aromatic carbocycles. The number of esters is 1. The highest BCUT2D eigenvalue weighted by molar-refractivity contribution is 6.13. The molecule has 2 unspecified atom stereocenters. The SMILES string of the molecule is CCOC(=O)C12Cc3ccccc3C1(C)CC2=O. The number of Topliss-reactive ketones (excluding diaryl/α,β-unsaturated/α-hetero) is 1. The molecule has 0 spiro atoms. The van der Waals surface area contributed by atoms with E-state index in [9.17, 15) is 9.59 Å². The van der Waals surface area contributed by atoms with Gasteiger partial charge in [0.15, 0.2) is 5.78 Å². The number of carbonyl (C=O) groups excluding carboxylic acids is 2. The van der Waals surface area contributed by atoms with Gasteiger partial charge in [0.1, 0.15) is 5.41 Å². The van der Waals surface area contributed by atoms with Gasteiger partial charge in [-0.05, 0) is 24.5 Å². The van der Waals surface area contributed by atoms with Crippen molar-refractivity contribution in [2.45, 2.75) is 32.1 Å². The van der Waals surface area contributed by atoms with Gasteiger partial charge in [0.2, 0.25) is 0 Å². The van der Waals surface area contributed by atoms with Crippen molar-refractivity contribution in [3.63, 3.8) is 0 Å². The Morgan fingerprint density at radius 2 is 2.06 bits per heavy atom. The van der Waals surface area contributed by atoms with Crippen LogP contribution >= 0.6 is 0 Å². The Bertz CT molecular complexity index is 548. The van der Waals surface area contributed by atoms with E-state index in [-0.39, 0.29) is 17.2 Å². The summed E-state index contributed by atoms with van der Waals surface area (Å²) in [4.78, 5) is 24.4. The Morgan fingerprint density at radius 1 is 1.33 bits per heavy atom. The average Bonchev–Trinajstić information content (AvgIpc) is 2.56. The fraction of sp³-hybridized carbons (Fsp3) is 0.467. The zero-order valence-corrected chi connectivity index (χ0v) is 10.7. The lowest BCUT2D eigenvalue weighted by molar-refractivity contribution is -0.174. The van der Waals surface area contributed by atoms with Gasteiger partial charge >= 0.3 is 5.97 Å². The first-order chi connectivity index (χ1) is 8.56. The van der Waals surface area contributed by atoms with E-state index in [4.69, 9.17) is 4.74 Å². The van der Waals surface area contributed by atoms with Gasteiger partial charge in [0.05, 0.1) is 6.61 Å². The van der Waals surface area contributed by atoms with Crippen LogP contribution in [0, 0.1) is 5.41 Å². The molecule has 1 fully saturated rings. The van der Waals surface area contributed by atoms with Crippen molar-refractivity contribution in [1.29, 1.82) is 0 Å². The molecule has 0 N–H and O–H groups in total. The fourth-order valence-electron chi connectivity index (χ4n) is 3.61.